The molecule has 1 amide bonds. The predicted octanol–water partition coefficient (Wildman–Crippen LogP) is 1.19. The molecule has 0 aromatic carbocycles. The van der Waals surface area contributed by atoms with Crippen molar-refractivity contribution in [1.82, 2.24) is 20.4 Å². The highest BCUT2D eigenvalue weighted by Gasteiger charge is 2.49. The highest BCUT2D eigenvalue weighted by atomic mass is 16.2. The molecule has 0 saturated heterocycles. The lowest BCUT2D eigenvalue weighted by Gasteiger charge is -2.53. The van der Waals surface area contributed by atoms with E-state index in [1.165, 1.54) is 32.1 Å². The zero-order chi connectivity index (χ0) is 13.9. The molecule has 0 radical (unpaired) electrons. The fourth-order valence-corrected chi connectivity index (χ4v) is 5.08. The number of hydrogen-bond donors (Lipinski definition) is 2. The molecular weight excluding hydrogens is 254 g/mol. The number of nitrogen functional groups attached to an aromatic ring is 1. The molecule has 1 aromatic rings. The quantitative estimate of drug-likeness (QED) is 0.482. The van der Waals surface area contributed by atoms with Crippen LogP contribution in [0.5, 0.6) is 0 Å². The van der Waals surface area contributed by atoms with E-state index in [1.807, 2.05) is 11.7 Å². The lowest BCUT2D eigenvalue weighted by atomic mass is 9.54. The SMILES string of the molecule is Cc1nn(C2C3CC4CC(C3)CC2C4)nc1C(=O)NN. The second-order valence-corrected chi connectivity index (χ2v) is 6.85. The van der Waals surface area contributed by atoms with Crippen LogP contribution < -0.4 is 11.3 Å². The Bertz CT molecular complexity index is 524. The van der Waals surface area contributed by atoms with Crippen LogP contribution in [0.25, 0.3) is 0 Å². The minimum absolute atomic E-state index is 0.349. The molecule has 4 fully saturated rings. The van der Waals surface area contributed by atoms with Gasteiger partial charge in [-0.3, -0.25) is 10.2 Å². The Labute approximate surface area is 118 Å². The first-order valence-corrected chi connectivity index (χ1v) is 7.60. The van der Waals surface area contributed by atoms with Crippen LogP contribution in [0, 0.1) is 30.6 Å². The average molecular weight is 275 g/mol. The van der Waals surface area contributed by atoms with E-state index in [2.05, 4.69) is 15.6 Å². The first-order valence-electron chi connectivity index (χ1n) is 7.60. The van der Waals surface area contributed by atoms with Gasteiger partial charge in [0.05, 0.1) is 11.7 Å². The van der Waals surface area contributed by atoms with E-state index in [9.17, 15) is 4.79 Å². The fourth-order valence-electron chi connectivity index (χ4n) is 5.08. The molecule has 4 aliphatic rings. The molecule has 4 saturated carbocycles. The summed E-state index contributed by atoms with van der Waals surface area (Å²) in [7, 11) is 0. The summed E-state index contributed by atoms with van der Waals surface area (Å²) in [6.45, 7) is 1.82. The molecule has 0 aliphatic heterocycles. The van der Waals surface area contributed by atoms with Gasteiger partial charge in [-0.05, 0) is 62.7 Å². The van der Waals surface area contributed by atoms with Crippen LogP contribution in [-0.4, -0.2) is 20.9 Å². The number of carbonyl (C=O) groups excluding carboxylic acids is 1. The van der Waals surface area contributed by atoms with Crippen molar-refractivity contribution in [2.24, 2.45) is 29.5 Å². The third kappa shape index (κ3) is 1.70. The van der Waals surface area contributed by atoms with Gasteiger partial charge in [0.2, 0.25) is 0 Å². The summed E-state index contributed by atoms with van der Waals surface area (Å²) in [4.78, 5) is 13.5. The fraction of sp³-hybridized carbons (Fsp3) is 0.786. The minimum atomic E-state index is -0.349. The van der Waals surface area contributed by atoms with Crippen molar-refractivity contribution in [3.05, 3.63) is 11.4 Å². The lowest BCUT2D eigenvalue weighted by molar-refractivity contribution is -0.0390. The van der Waals surface area contributed by atoms with E-state index in [1.54, 1.807) is 0 Å². The highest BCUT2D eigenvalue weighted by Crippen LogP contribution is 2.57. The van der Waals surface area contributed by atoms with Gasteiger partial charge in [0.15, 0.2) is 5.69 Å². The zero-order valence-corrected chi connectivity index (χ0v) is 11.7. The third-order valence-electron chi connectivity index (χ3n) is 5.59. The summed E-state index contributed by atoms with van der Waals surface area (Å²) in [6.07, 6.45) is 6.70. The van der Waals surface area contributed by atoms with Crippen molar-refractivity contribution in [3.63, 3.8) is 0 Å². The predicted molar refractivity (Wildman–Crippen MR) is 72.5 cm³/mol. The van der Waals surface area contributed by atoms with Crippen molar-refractivity contribution in [1.29, 1.82) is 0 Å². The summed E-state index contributed by atoms with van der Waals surface area (Å²) in [5, 5.41) is 8.95. The zero-order valence-electron chi connectivity index (χ0n) is 11.7. The molecule has 1 heterocycles. The summed E-state index contributed by atoms with van der Waals surface area (Å²) in [5.41, 5.74) is 3.18. The summed E-state index contributed by atoms with van der Waals surface area (Å²) >= 11 is 0. The van der Waals surface area contributed by atoms with Crippen molar-refractivity contribution >= 4 is 5.91 Å². The Morgan fingerprint density at radius 1 is 1.15 bits per heavy atom. The van der Waals surface area contributed by atoms with Gasteiger partial charge in [-0.1, -0.05) is 0 Å². The van der Waals surface area contributed by atoms with Crippen LogP contribution in [0.1, 0.15) is 54.3 Å². The van der Waals surface area contributed by atoms with Crippen LogP contribution in [0.4, 0.5) is 0 Å². The molecule has 5 rings (SSSR count). The van der Waals surface area contributed by atoms with Crippen LogP contribution in [-0.2, 0) is 0 Å². The average Bonchev–Trinajstić information content (AvgIpc) is 2.78. The van der Waals surface area contributed by atoms with E-state index in [4.69, 9.17) is 5.84 Å². The molecule has 4 aliphatic carbocycles. The van der Waals surface area contributed by atoms with E-state index in [-0.39, 0.29) is 5.91 Å². The second-order valence-electron chi connectivity index (χ2n) is 6.85. The maximum absolute atomic E-state index is 11.7. The number of aromatic nitrogens is 3. The Balaban J connectivity index is 1.66. The smallest absolute Gasteiger partial charge is 0.287 e. The first-order chi connectivity index (χ1) is 9.65. The van der Waals surface area contributed by atoms with Crippen LogP contribution >= 0.6 is 0 Å². The molecule has 0 atom stereocenters. The number of nitrogens with zero attached hydrogens (tertiary/aromatic N) is 3. The number of hydrogen-bond acceptors (Lipinski definition) is 4. The van der Waals surface area contributed by atoms with Crippen molar-refractivity contribution in [2.75, 3.05) is 0 Å². The largest absolute Gasteiger partial charge is 0.289 e. The molecule has 4 bridgehead atoms. The Morgan fingerprint density at radius 3 is 2.30 bits per heavy atom. The molecule has 20 heavy (non-hydrogen) atoms. The number of nitrogens with one attached hydrogen (secondary N) is 1. The van der Waals surface area contributed by atoms with Gasteiger partial charge < -0.3 is 0 Å². The number of hydrazine groups is 1. The Kier molecular flexibility index (Phi) is 2.64. The highest BCUT2D eigenvalue weighted by molar-refractivity contribution is 5.92. The van der Waals surface area contributed by atoms with Crippen LogP contribution in [0.15, 0.2) is 0 Å². The molecule has 3 N–H and O–H groups in total. The van der Waals surface area contributed by atoms with Crippen LogP contribution in [0.2, 0.25) is 0 Å². The molecule has 6 nitrogen and oxygen atoms in total. The molecule has 0 unspecified atom stereocenters. The van der Waals surface area contributed by atoms with E-state index in [0.717, 1.165) is 11.8 Å². The number of carbonyl (C=O) groups is 1. The number of nitrogens with two attached hydrogens (primary N) is 1. The lowest BCUT2D eigenvalue weighted by Crippen LogP contribution is -2.46. The normalized spacial score (nSPS) is 38.2. The molecular formula is C14H21N5O. The van der Waals surface area contributed by atoms with Crippen molar-refractivity contribution in [2.45, 2.75) is 45.1 Å². The second kappa shape index (κ2) is 4.28. The topological polar surface area (TPSA) is 85.8 Å². The van der Waals surface area contributed by atoms with Gasteiger partial charge in [-0.25, -0.2) is 5.84 Å². The molecule has 1 aromatic heterocycles. The van der Waals surface area contributed by atoms with Gasteiger partial charge in [-0.2, -0.15) is 9.90 Å². The Hall–Kier alpha value is -1.43. The maximum Gasteiger partial charge on any atom is 0.287 e. The van der Waals surface area contributed by atoms with Gasteiger partial charge in [0.1, 0.15) is 0 Å². The van der Waals surface area contributed by atoms with Gasteiger partial charge >= 0.3 is 0 Å². The monoisotopic (exact) mass is 275 g/mol. The number of rotatable bonds is 2. The summed E-state index contributed by atoms with van der Waals surface area (Å²) in [6, 6.07) is 0.390. The molecule has 108 valence electrons. The van der Waals surface area contributed by atoms with E-state index < -0.39 is 0 Å². The van der Waals surface area contributed by atoms with Crippen LogP contribution in [0.3, 0.4) is 0 Å². The summed E-state index contributed by atoms with van der Waals surface area (Å²) in [5.74, 6) is 8.11. The van der Waals surface area contributed by atoms with E-state index >= 15 is 0 Å². The van der Waals surface area contributed by atoms with Gasteiger partial charge in [0.25, 0.3) is 5.91 Å². The minimum Gasteiger partial charge on any atom is -0.289 e. The first kappa shape index (κ1) is 12.3. The Morgan fingerprint density at radius 2 is 1.75 bits per heavy atom. The molecule has 6 heteroatoms. The standard InChI is InChI=1S/C14H21N5O/c1-7-12(14(20)16-15)18-19(17-7)13-10-3-8-2-9(5-10)6-11(13)4-8/h8-11,13H,2-6,15H2,1H3,(H,16,20). The molecule has 0 spiro atoms. The van der Waals surface area contributed by atoms with E-state index in [0.29, 0.717) is 29.3 Å². The number of amides is 1. The summed E-state index contributed by atoms with van der Waals surface area (Å²) < 4.78 is 0. The number of aryl methyl sites for hydroxylation is 1. The van der Waals surface area contributed by atoms with Gasteiger partial charge in [0, 0.05) is 0 Å². The third-order valence-corrected chi connectivity index (χ3v) is 5.59. The maximum atomic E-state index is 11.7. The van der Waals surface area contributed by atoms with Gasteiger partial charge in [-0.15, -0.1) is 5.10 Å². The van der Waals surface area contributed by atoms with Crippen molar-refractivity contribution in [3.8, 4) is 0 Å². The van der Waals surface area contributed by atoms with Crippen molar-refractivity contribution < 1.29 is 4.79 Å².